The number of hydrogen-bond donors (Lipinski definition) is 4. The van der Waals surface area contributed by atoms with Crippen molar-refractivity contribution in [2.45, 2.75) is 12.8 Å². The summed E-state index contributed by atoms with van der Waals surface area (Å²) in [5.74, 6) is -2.06. The number of hydrogen-bond acceptors (Lipinski definition) is 6. The number of nitrogens with zero attached hydrogens (tertiary/aromatic N) is 2. The van der Waals surface area contributed by atoms with Crippen LogP contribution in [0, 0.1) is 22.5 Å². The Labute approximate surface area is 222 Å². The number of allylic oxidation sites excluding steroid dienone is 3. The Kier molecular flexibility index (Phi) is 6.80. The standard InChI is InChI=1S/C28H24F2N6O3/c1-36-16-18(15-33-36)17-12-25(23(8-11-31)32-14-17)39-24-7-6-21(13-22(24)30)35-27(38)28(9-10-28)26(37)34-20-4-2-19(29)3-5-20/h2-8,11-16,31-32H,9-10H2,1H3,(H,34,37)(H,35,38)/b23-8-,31-11?. The second-order valence-electron chi connectivity index (χ2n) is 9.15. The van der Waals surface area contributed by atoms with Crippen LogP contribution in [0.5, 0.6) is 5.75 Å². The van der Waals surface area contributed by atoms with Crippen molar-refractivity contribution in [3.05, 3.63) is 102 Å². The molecular formula is C28H24F2N6O3. The molecule has 3 aromatic rings. The average Bonchev–Trinajstić information content (AvgIpc) is 3.63. The molecule has 1 aliphatic heterocycles. The molecule has 2 amide bonds. The van der Waals surface area contributed by atoms with Crippen LogP contribution in [0.15, 0.2) is 84.7 Å². The van der Waals surface area contributed by atoms with Crippen LogP contribution in [0.4, 0.5) is 20.2 Å². The Morgan fingerprint density at radius 2 is 1.79 bits per heavy atom. The van der Waals surface area contributed by atoms with E-state index in [4.69, 9.17) is 10.1 Å². The second-order valence-corrected chi connectivity index (χ2v) is 9.15. The zero-order valence-electron chi connectivity index (χ0n) is 20.8. The number of rotatable bonds is 8. The molecule has 1 aliphatic carbocycles. The summed E-state index contributed by atoms with van der Waals surface area (Å²) in [4.78, 5) is 25.7. The zero-order valence-corrected chi connectivity index (χ0v) is 20.8. The summed E-state index contributed by atoms with van der Waals surface area (Å²) in [6, 6.07) is 9.18. The SMILES string of the molecule is Cn1cc(C2=CN/C(=C\C=N)C(Oc3ccc(NC(=O)C4(C(=O)Nc5ccc(F)cc5)CC4)cc3F)=C2)cn1. The molecule has 1 fully saturated rings. The third-order valence-corrected chi connectivity index (χ3v) is 6.35. The molecule has 1 aromatic heterocycles. The summed E-state index contributed by atoms with van der Waals surface area (Å²) in [5, 5.41) is 19.8. The van der Waals surface area contributed by atoms with Gasteiger partial charge in [0, 0.05) is 54.2 Å². The highest BCUT2D eigenvalue weighted by molar-refractivity contribution is 6.16. The van der Waals surface area contributed by atoms with E-state index in [1.54, 1.807) is 30.2 Å². The first-order valence-electron chi connectivity index (χ1n) is 12.0. The van der Waals surface area contributed by atoms with Gasteiger partial charge in [0.25, 0.3) is 0 Å². The van der Waals surface area contributed by atoms with Gasteiger partial charge < -0.3 is 26.1 Å². The maximum atomic E-state index is 15.1. The quantitative estimate of drug-likeness (QED) is 0.253. The lowest BCUT2D eigenvalue weighted by molar-refractivity contribution is -0.131. The molecular weight excluding hydrogens is 506 g/mol. The fraction of sp³-hybridized carbons (Fsp3) is 0.143. The number of halogens is 2. The van der Waals surface area contributed by atoms with Crippen LogP contribution in [0.1, 0.15) is 18.4 Å². The summed E-state index contributed by atoms with van der Waals surface area (Å²) in [7, 11) is 1.79. The van der Waals surface area contributed by atoms with Gasteiger partial charge in [-0.2, -0.15) is 5.10 Å². The molecule has 2 aliphatic rings. The minimum absolute atomic E-state index is 0.0976. The lowest BCUT2D eigenvalue weighted by Gasteiger charge is -2.19. The van der Waals surface area contributed by atoms with Crippen LogP contribution in [0.2, 0.25) is 0 Å². The molecule has 0 saturated heterocycles. The van der Waals surface area contributed by atoms with Crippen LogP contribution < -0.4 is 20.7 Å². The first kappa shape index (κ1) is 25.6. The van der Waals surface area contributed by atoms with Crippen LogP contribution in [-0.2, 0) is 16.6 Å². The molecule has 0 atom stereocenters. The van der Waals surface area contributed by atoms with Crippen molar-refractivity contribution in [3.8, 4) is 5.75 Å². The molecule has 0 bridgehead atoms. The van der Waals surface area contributed by atoms with Crippen LogP contribution >= 0.6 is 0 Å². The van der Waals surface area contributed by atoms with E-state index in [-0.39, 0.29) is 17.2 Å². The van der Waals surface area contributed by atoms with E-state index in [0.29, 0.717) is 24.2 Å². The molecule has 9 nitrogen and oxygen atoms in total. The molecule has 0 radical (unpaired) electrons. The fourth-order valence-electron chi connectivity index (χ4n) is 4.02. The highest BCUT2D eigenvalue weighted by Crippen LogP contribution is 2.47. The molecule has 1 saturated carbocycles. The predicted octanol–water partition coefficient (Wildman–Crippen LogP) is 4.50. The Morgan fingerprint density at radius 1 is 1.10 bits per heavy atom. The van der Waals surface area contributed by atoms with E-state index in [2.05, 4.69) is 21.0 Å². The fourth-order valence-corrected chi connectivity index (χ4v) is 4.02. The summed E-state index contributed by atoms with van der Waals surface area (Å²) in [5.41, 5.74) is 1.27. The number of amides is 2. The van der Waals surface area contributed by atoms with Crippen molar-refractivity contribution >= 4 is 35.0 Å². The van der Waals surface area contributed by atoms with Gasteiger partial charge in [-0.1, -0.05) is 0 Å². The largest absolute Gasteiger partial charge is 0.452 e. The van der Waals surface area contributed by atoms with E-state index in [0.717, 1.165) is 23.4 Å². The van der Waals surface area contributed by atoms with Crippen LogP contribution in [-0.4, -0.2) is 27.8 Å². The zero-order chi connectivity index (χ0) is 27.6. The molecule has 2 heterocycles. The molecule has 0 unspecified atom stereocenters. The van der Waals surface area contributed by atoms with Crippen molar-refractivity contribution in [3.63, 3.8) is 0 Å². The lowest BCUT2D eigenvalue weighted by atomic mass is 10.0. The number of nitrogens with one attached hydrogen (secondary N) is 4. The summed E-state index contributed by atoms with van der Waals surface area (Å²) < 4.78 is 35.7. The summed E-state index contributed by atoms with van der Waals surface area (Å²) in [6.07, 6.45) is 10.2. The van der Waals surface area contributed by atoms with Gasteiger partial charge in [0.2, 0.25) is 11.8 Å². The van der Waals surface area contributed by atoms with Gasteiger partial charge >= 0.3 is 0 Å². The first-order chi connectivity index (χ1) is 18.8. The Morgan fingerprint density at radius 3 is 2.41 bits per heavy atom. The van der Waals surface area contributed by atoms with E-state index in [1.165, 1.54) is 42.5 Å². The molecule has 0 spiro atoms. The van der Waals surface area contributed by atoms with Crippen molar-refractivity contribution in [2.24, 2.45) is 12.5 Å². The molecule has 4 N–H and O–H groups in total. The third kappa shape index (κ3) is 5.47. The molecule has 5 rings (SSSR count). The van der Waals surface area contributed by atoms with Gasteiger partial charge in [0.15, 0.2) is 17.3 Å². The Hall–Kier alpha value is -5.06. The first-order valence-corrected chi connectivity index (χ1v) is 12.0. The van der Waals surface area contributed by atoms with Gasteiger partial charge in [-0.15, -0.1) is 0 Å². The number of benzene rings is 2. The number of dihydropyridines is 1. The second kappa shape index (κ2) is 10.4. The highest BCUT2D eigenvalue weighted by Gasteiger charge is 2.56. The van der Waals surface area contributed by atoms with E-state index in [9.17, 15) is 14.0 Å². The molecule has 2 aromatic carbocycles. The summed E-state index contributed by atoms with van der Waals surface area (Å²) >= 11 is 0. The Bertz CT molecular complexity index is 1550. The molecule has 39 heavy (non-hydrogen) atoms. The Balaban J connectivity index is 1.29. The van der Waals surface area contributed by atoms with Crippen molar-refractivity contribution in [1.82, 2.24) is 15.1 Å². The maximum Gasteiger partial charge on any atom is 0.240 e. The van der Waals surface area contributed by atoms with Gasteiger partial charge in [0.05, 0.1) is 11.9 Å². The van der Waals surface area contributed by atoms with Gasteiger partial charge in [0.1, 0.15) is 11.2 Å². The van der Waals surface area contributed by atoms with E-state index in [1.807, 2.05) is 6.20 Å². The van der Waals surface area contributed by atoms with Crippen molar-refractivity contribution in [1.29, 1.82) is 5.41 Å². The molecule has 11 heteroatoms. The predicted molar refractivity (Wildman–Crippen MR) is 142 cm³/mol. The van der Waals surface area contributed by atoms with Gasteiger partial charge in [-0.25, -0.2) is 8.78 Å². The minimum atomic E-state index is -1.28. The summed E-state index contributed by atoms with van der Waals surface area (Å²) in [6.45, 7) is 0. The maximum absolute atomic E-state index is 15.1. The number of carbonyl (C=O) groups is 2. The number of aryl methyl sites for hydroxylation is 1. The van der Waals surface area contributed by atoms with Gasteiger partial charge in [-0.05, 0) is 61.4 Å². The topological polar surface area (TPSA) is 121 Å². The monoisotopic (exact) mass is 530 g/mol. The van der Waals surface area contributed by atoms with Crippen molar-refractivity contribution in [2.75, 3.05) is 10.6 Å². The number of ether oxygens (including phenoxy) is 1. The van der Waals surface area contributed by atoms with Crippen molar-refractivity contribution < 1.29 is 23.1 Å². The van der Waals surface area contributed by atoms with Gasteiger partial charge in [-0.3, -0.25) is 14.3 Å². The lowest BCUT2D eigenvalue weighted by Crippen LogP contribution is -2.35. The number of aromatic nitrogens is 2. The highest BCUT2D eigenvalue weighted by atomic mass is 19.1. The normalized spacial score (nSPS) is 16.4. The van der Waals surface area contributed by atoms with E-state index < -0.39 is 28.9 Å². The van der Waals surface area contributed by atoms with Crippen LogP contribution in [0.25, 0.3) is 5.57 Å². The molecule has 198 valence electrons. The number of carbonyl (C=O) groups excluding carboxylic acids is 2. The van der Waals surface area contributed by atoms with E-state index >= 15 is 4.39 Å². The smallest absolute Gasteiger partial charge is 0.240 e. The number of anilines is 2. The average molecular weight is 531 g/mol. The minimum Gasteiger partial charge on any atom is -0.452 e. The van der Waals surface area contributed by atoms with Crippen LogP contribution in [0.3, 0.4) is 0 Å². The third-order valence-electron chi connectivity index (χ3n) is 6.35.